The summed E-state index contributed by atoms with van der Waals surface area (Å²) in [6.07, 6.45) is 4.13. The van der Waals surface area contributed by atoms with Gasteiger partial charge in [0.25, 0.3) is 0 Å². The summed E-state index contributed by atoms with van der Waals surface area (Å²) in [6.45, 7) is 16.1. The van der Waals surface area contributed by atoms with Crippen LogP contribution in [-0.2, 0) is 0 Å². The average Bonchev–Trinajstić information content (AvgIpc) is 2.21. The SMILES string of the molecule is C=CC(C)C(C)SC.CC.CC. The van der Waals surface area contributed by atoms with Gasteiger partial charge in [-0.25, -0.2) is 0 Å². The molecule has 0 saturated carbocycles. The van der Waals surface area contributed by atoms with Gasteiger partial charge in [0.05, 0.1) is 0 Å². The maximum Gasteiger partial charge on any atom is 0.00759 e. The number of hydrogen-bond donors (Lipinski definition) is 0. The first-order valence-corrected chi connectivity index (χ1v) is 6.16. The van der Waals surface area contributed by atoms with Crippen molar-refractivity contribution in [3.8, 4) is 0 Å². The maximum atomic E-state index is 3.72. The lowest BCUT2D eigenvalue weighted by Gasteiger charge is -2.11. The second-order valence-corrected chi connectivity index (χ2v) is 3.25. The molecule has 0 aliphatic rings. The molecule has 1 heteroatoms. The van der Waals surface area contributed by atoms with Crippen LogP contribution in [0.4, 0.5) is 0 Å². The Morgan fingerprint density at radius 1 is 1.08 bits per heavy atom. The van der Waals surface area contributed by atoms with Gasteiger partial charge >= 0.3 is 0 Å². The highest BCUT2D eigenvalue weighted by molar-refractivity contribution is 7.99. The molecular formula is C11H26S. The fraction of sp³-hybridized carbons (Fsp3) is 0.818. The molecular weight excluding hydrogens is 164 g/mol. The third-order valence-corrected chi connectivity index (χ3v) is 2.66. The molecule has 0 aromatic carbocycles. The zero-order valence-electron chi connectivity index (χ0n) is 9.85. The van der Waals surface area contributed by atoms with Gasteiger partial charge in [0.2, 0.25) is 0 Å². The normalized spacial score (nSPS) is 12.6. The van der Waals surface area contributed by atoms with Crippen molar-refractivity contribution >= 4 is 11.8 Å². The van der Waals surface area contributed by atoms with Gasteiger partial charge in [-0.2, -0.15) is 11.8 Å². The van der Waals surface area contributed by atoms with E-state index in [4.69, 9.17) is 0 Å². The van der Waals surface area contributed by atoms with E-state index < -0.39 is 0 Å². The lowest BCUT2D eigenvalue weighted by molar-refractivity contribution is 0.719. The molecule has 76 valence electrons. The summed E-state index contributed by atoms with van der Waals surface area (Å²) in [4.78, 5) is 0. The van der Waals surface area contributed by atoms with Crippen molar-refractivity contribution in [3.05, 3.63) is 12.7 Å². The van der Waals surface area contributed by atoms with E-state index >= 15 is 0 Å². The van der Waals surface area contributed by atoms with Crippen molar-refractivity contribution in [1.82, 2.24) is 0 Å². The minimum atomic E-state index is 0.644. The Morgan fingerprint density at radius 3 is 1.50 bits per heavy atom. The minimum Gasteiger partial charge on any atom is -0.162 e. The second-order valence-electron chi connectivity index (χ2n) is 2.04. The summed E-state index contributed by atoms with van der Waals surface area (Å²) < 4.78 is 0. The van der Waals surface area contributed by atoms with Crippen LogP contribution in [0.3, 0.4) is 0 Å². The van der Waals surface area contributed by atoms with Crippen LogP contribution < -0.4 is 0 Å². The Kier molecular flexibility index (Phi) is 25.9. The van der Waals surface area contributed by atoms with Crippen LogP contribution in [0, 0.1) is 5.92 Å². The first-order chi connectivity index (χ1) is 5.72. The van der Waals surface area contributed by atoms with Crippen LogP contribution in [0.25, 0.3) is 0 Å². The van der Waals surface area contributed by atoms with Gasteiger partial charge in [-0.1, -0.05) is 47.6 Å². The summed E-state index contributed by atoms with van der Waals surface area (Å²) in [5.41, 5.74) is 0. The van der Waals surface area contributed by atoms with Crippen LogP contribution >= 0.6 is 11.8 Å². The summed E-state index contributed by atoms with van der Waals surface area (Å²) in [7, 11) is 0. The Hall–Kier alpha value is 0.0900. The van der Waals surface area contributed by atoms with E-state index in [1.165, 1.54) is 0 Å². The minimum absolute atomic E-state index is 0.644. The Morgan fingerprint density at radius 2 is 1.42 bits per heavy atom. The molecule has 2 atom stereocenters. The van der Waals surface area contributed by atoms with Crippen molar-refractivity contribution in [3.63, 3.8) is 0 Å². The molecule has 0 aliphatic carbocycles. The highest BCUT2D eigenvalue weighted by Crippen LogP contribution is 2.15. The molecule has 0 aliphatic heterocycles. The molecule has 0 nitrogen and oxygen atoms in total. The second kappa shape index (κ2) is 17.3. The van der Waals surface area contributed by atoms with E-state index in [9.17, 15) is 0 Å². The summed E-state index contributed by atoms with van der Waals surface area (Å²) in [5, 5.41) is 0.715. The smallest absolute Gasteiger partial charge is 0.00759 e. The molecule has 0 saturated heterocycles. The Bertz CT molecular complexity index is 69.4. The Labute approximate surface area is 83.8 Å². The first kappa shape index (κ1) is 18.0. The first-order valence-electron chi connectivity index (χ1n) is 4.87. The molecule has 12 heavy (non-hydrogen) atoms. The van der Waals surface area contributed by atoms with Gasteiger partial charge in [-0.05, 0) is 12.2 Å². The molecule has 0 heterocycles. The van der Waals surface area contributed by atoms with Gasteiger partial charge < -0.3 is 0 Å². The van der Waals surface area contributed by atoms with Crippen LogP contribution in [-0.4, -0.2) is 11.5 Å². The van der Waals surface area contributed by atoms with Gasteiger partial charge in [0.1, 0.15) is 0 Å². The molecule has 0 radical (unpaired) electrons. The number of hydrogen-bond acceptors (Lipinski definition) is 1. The molecule has 0 bridgehead atoms. The van der Waals surface area contributed by atoms with Crippen molar-refractivity contribution in [2.75, 3.05) is 6.26 Å². The van der Waals surface area contributed by atoms with E-state index in [-0.39, 0.29) is 0 Å². The quantitative estimate of drug-likeness (QED) is 0.586. The van der Waals surface area contributed by atoms with Crippen molar-refractivity contribution in [1.29, 1.82) is 0 Å². The average molecular weight is 190 g/mol. The summed E-state index contributed by atoms with van der Waals surface area (Å²) >= 11 is 1.89. The maximum absolute atomic E-state index is 3.72. The largest absolute Gasteiger partial charge is 0.162 e. The number of rotatable bonds is 3. The zero-order valence-corrected chi connectivity index (χ0v) is 10.7. The molecule has 0 fully saturated rings. The van der Waals surface area contributed by atoms with Gasteiger partial charge in [-0.3, -0.25) is 0 Å². The fourth-order valence-electron chi connectivity index (χ4n) is 0.406. The monoisotopic (exact) mass is 190 g/mol. The predicted molar refractivity (Wildman–Crippen MR) is 65.0 cm³/mol. The van der Waals surface area contributed by atoms with Crippen LogP contribution in [0.15, 0.2) is 12.7 Å². The highest BCUT2D eigenvalue weighted by Gasteiger charge is 2.04. The Balaban J connectivity index is -0.000000175. The summed E-state index contributed by atoms with van der Waals surface area (Å²) in [5.74, 6) is 0.644. The van der Waals surface area contributed by atoms with E-state index in [1.54, 1.807) is 0 Å². The fourth-order valence-corrected chi connectivity index (χ4v) is 0.947. The third kappa shape index (κ3) is 12.7. The van der Waals surface area contributed by atoms with Crippen LogP contribution in [0.2, 0.25) is 0 Å². The molecule has 0 rings (SSSR count). The highest BCUT2D eigenvalue weighted by atomic mass is 32.2. The molecule has 0 amide bonds. The topological polar surface area (TPSA) is 0 Å². The van der Waals surface area contributed by atoms with Crippen molar-refractivity contribution < 1.29 is 0 Å². The zero-order chi connectivity index (χ0) is 10.6. The number of allylic oxidation sites excluding steroid dienone is 1. The molecule has 0 N–H and O–H groups in total. The van der Waals surface area contributed by atoms with E-state index in [2.05, 4.69) is 26.7 Å². The van der Waals surface area contributed by atoms with Crippen LogP contribution in [0.1, 0.15) is 41.5 Å². The van der Waals surface area contributed by atoms with Gasteiger partial charge in [0.15, 0.2) is 0 Å². The van der Waals surface area contributed by atoms with E-state index in [0.717, 1.165) is 0 Å². The van der Waals surface area contributed by atoms with Crippen LogP contribution in [0.5, 0.6) is 0 Å². The van der Waals surface area contributed by atoms with Crippen molar-refractivity contribution in [2.24, 2.45) is 5.92 Å². The number of thioether (sulfide) groups is 1. The van der Waals surface area contributed by atoms with Gasteiger partial charge in [0, 0.05) is 5.25 Å². The molecule has 0 spiro atoms. The molecule has 2 unspecified atom stereocenters. The van der Waals surface area contributed by atoms with Gasteiger partial charge in [-0.15, -0.1) is 6.58 Å². The standard InChI is InChI=1S/C7H14S.2C2H6/c1-5-6(2)7(3)8-4;2*1-2/h5-7H,1H2,2-4H3;2*1-2H3. The lowest BCUT2D eigenvalue weighted by Crippen LogP contribution is -2.05. The third-order valence-electron chi connectivity index (χ3n) is 1.48. The predicted octanol–water partition coefficient (Wildman–Crippen LogP) is 4.61. The van der Waals surface area contributed by atoms with E-state index in [1.807, 2.05) is 45.5 Å². The molecule has 0 aromatic heterocycles. The van der Waals surface area contributed by atoms with Crippen molar-refractivity contribution in [2.45, 2.75) is 46.8 Å². The van der Waals surface area contributed by atoms with E-state index in [0.29, 0.717) is 11.2 Å². The molecule has 0 aromatic rings. The lowest BCUT2D eigenvalue weighted by atomic mass is 10.1. The summed E-state index contributed by atoms with van der Waals surface area (Å²) in [6, 6.07) is 0.